The lowest BCUT2D eigenvalue weighted by Gasteiger charge is -2.10. The van der Waals surface area contributed by atoms with Crippen LogP contribution in [0.1, 0.15) is 25.3 Å². The molecule has 1 N–H and O–H groups in total. The molecule has 0 spiro atoms. The molecule has 1 aromatic carbocycles. The Bertz CT molecular complexity index is 339. The molecule has 1 unspecified atom stereocenters. The van der Waals surface area contributed by atoms with Gasteiger partial charge in [0.1, 0.15) is 5.76 Å². The van der Waals surface area contributed by atoms with E-state index in [1.165, 1.54) is 13.0 Å². The summed E-state index contributed by atoms with van der Waals surface area (Å²) in [6.07, 6.45) is 1.26. The van der Waals surface area contributed by atoms with Gasteiger partial charge in [0.05, 0.1) is 0 Å². The summed E-state index contributed by atoms with van der Waals surface area (Å²) in [7, 11) is 0. The molecule has 1 aromatic rings. The van der Waals surface area contributed by atoms with Gasteiger partial charge in [-0.25, -0.2) is 0 Å². The minimum Gasteiger partial charge on any atom is -0.512 e. The minimum atomic E-state index is -0.134. The quantitative estimate of drug-likeness (QED) is 0.587. The van der Waals surface area contributed by atoms with Crippen LogP contribution < -0.4 is 0 Å². The third kappa shape index (κ3) is 2.73. The van der Waals surface area contributed by atoms with E-state index in [-0.39, 0.29) is 17.5 Å². The summed E-state index contributed by atoms with van der Waals surface area (Å²) in [5.41, 5.74) is 1.00. The van der Waals surface area contributed by atoms with E-state index in [4.69, 9.17) is 0 Å². The molecular formula is C12H14O2. The molecule has 0 aliphatic heterocycles. The second-order valence-electron chi connectivity index (χ2n) is 3.31. The van der Waals surface area contributed by atoms with Crippen molar-refractivity contribution in [3.63, 3.8) is 0 Å². The second kappa shape index (κ2) is 4.61. The molecule has 0 saturated carbocycles. The van der Waals surface area contributed by atoms with Gasteiger partial charge in [-0.05, 0) is 12.5 Å². The molecule has 0 fully saturated rings. The van der Waals surface area contributed by atoms with Gasteiger partial charge in [0.2, 0.25) is 0 Å². The van der Waals surface area contributed by atoms with Gasteiger partial charge in [-0.3, -0.25) is 4.79 Å². The topological polar surface area (TPSA) is 37.3 Å². The first-order valence-electron chi connectivity index (χ1n) is 4.57. The molecule has 0 bridgehead atoms. The monoisotopic (exact) mass is 190 g/mol. The average Bonchev–Trinajstić information content (AvgIpc) is 2.17. The highest BCUT2D eigenvalue weighted by Crippen LogP contribution is 2.21. The standard InChI is InChI=1S/C12H14O2/c1-9(13)8-12(14)10(2)11-6-4-3-5-7-11/h3-8,10,14H,1-2H3/b12-8-. The second-order valence-corrected chi connectivity index (χ2v) is 3.31. The van der Waals surface area contributed by atoms with Crippen molar-refractivity contribution in [2.45, 2.75) is 19.8 Å². The Morgan fingerprint density at radius 3 is 2.43 bits per heavy atom. The van der Waals surface area contributed by atoms with E-state index >= 15 is 0 Å². The maximum Gasteiger partial charge on any atom is 0.155 e. The van der Waals surface area contributed by atoms with Crippen LogP contribution in [0.25, 0.3) is 0 Å². The smallest absolute Gasteiger partial charge is 0.155 e. The van der Waals surface area contributed by atoms with Crippen molar-refractivity contribution >= 4 is 5.78 Å². The predicted octanol–water partition coefficient (Wildman–Crippen LogP) is 2.82. The van der Waals surface area contributed by atoms with Gasteiger partial charge in [-0.15, -0.1) is 0 Å². The third-order valence-corrected chi connectivity index (χ3v) is 2.09. The number of allylic oxidation sites excluding steroid dienone is 2. The van der Waals surface area contributed by atoms with Gasteiger partial charge in [0.25, 0.3) is 0 Å². The fourth-order valence-electron chi connectivity index (χ4n) is 1.25. The van der Waals surface area contributed by atoms with Crippen LogP contribution in [0.3, 0.4) is 0 Å². The number of benzene rings is 1. The summed E-state index contributed by atoms with van der Waals surface area (Å²) in [5, 5.41) is 9.58. The molecule has 0 radical (unpaired) electrons. The van der Waals surface area contributed by atoms with Crippen LogP contribution in [0.15, 0.2) is 42.2 Å². The van der Waals surface area contributed by atoms with E-state index in [0.29, 0.717) is 0 Å². The molecule has 1 atom stereocenters. The number of hydrogen-bond donors (Lipinski definition) is 1. The fourth-order valence-corrected chi connectivity index (χ4v) is 1.25. The molecule has 14 heavy (non-hydrogen) atoms. The molecule has 0 aromatic heterocycles. The SMILES string of the molecule is CC(=O)/C=C(\O)C(C)c1ccccc1. The van der Waals surface area contributed by atoms with Crippen molar-refractivity contribution in [1.29, 1.82) is 0 Å². The van der Waals surface area contributed by atoms with E-state index in [9.17, 15) is 9.90 Å². The number of aliphatic hydroxyl groups is 1. The van der Waals surface area contributed by atoms with Crippen molar-refractivity contribution in [1.82, 2.24) is 0 Å². The first-order valence-corrected chi connectivity index (χ1v) is 4.57. The fraction of sp³-hybridized carbons (Fsp3) is 0.250. The number of hydrogen-bond acceptors (Lipinski definition) is 2. The number of carbonyl (C=O) groups excluding carboxylic acids is 1. The summed E-state index contributed by atoms with van der Waals surface area (Å²) < 4.78 is 0. The zero-order chi connectivity index (χ0) is 10.6. The van der Waals surface area contributed by atoms with E-state index in [1.807, 2.05) is 37.3 Å². The zero-order valence-corrected chi connectivity index (χ0v) is 8.40. The summed E-state index contributed by atoms with van der Waals surface area (Å²) in [5.74, 6) is -0.144. The molecule has 2 nitrogen and oxygen atoms in total. The first-order chi connectivity index (χ1) is 6.61. The Balaban J connectivity index is 2.86. The Morgan fingerprint density at radius 1 is 1.36 bits per heavy atom. The van der Waals surface area contributed by atoms with Gasteiger partial charge in [0.15, 0.2) is 5.78 Å². The van der Waals surface area contributed by atoms with Crippen LogP contribution in [0.2, 0.25) is 0 Å². The van der Waals surface area contributed by atoms with Crippen LogP contribution in [0.5, 0.6) is 0 Å². The molecule has 2 heteroatoms. The van der Waals surface area contributed by atoms with Crippen molar-refractivity contribution in [2.75, 3.05) is 0 Å². The normalized spacial score (nSPS) is 13.7. The lowest BCUT2D eigenvalue weighted by molar-refractivity contribution is -0.112. The van der Waals surface area contributed by atoms with Gasteiger partial charge in [-0.1, -0.05) is 37.3 Å². The number of ketones is 1. The van der Waals surface area contributed by atoms with Gasteiger partial charge >= 0.3 is 0 Å². The van der Waals surface area contributed by atoms with Crippen LogP contribution in [-0.4, -0.2) is 10.9 Å². The molecule has 0 amide bonds. The van der Waals surface area contributed by atoms with Crippen LogP contribution in [0.4, 0.5) is 0 Å². The molecule has 0 aliphatic rings. The first kappa shape index (κ1) is 10.5. The number of carbonyl (C=O) groups is 1. The van der Waals surface area contributed by atoms with E-state index in [2.05, 4.69) is 0 Å². The largest absolute Gasteiger partial charge is 0.512 e. The van der Waals surface area contributed by atoms with Gasteiger partial charge < -0.3 is 5.11 Å². The van der Waals surface area contributed by atoms with Gasteiger partial charge in [0, 0.05) is 12.0 Å². The van der Waals surface area contributed by atoms with E-state index < -0.39 is 0 Å². The van der Waals surface area contributed by atoms with Crippen molar-refractivity contribution in [2.24, 2.45) is 0 Å². The summed E-state index contributed by atoms with van der Waals surface area (Å²) in [6, 6.07) is 9.59. The Morgan fingerprint density at radius 2 is 1.93 bits per heavy atom. The minimum absolute atomic E-state index is 0.115. The Kier molecular flexibility index (Phi) is 3.46. The van der Waals surface area contributed by atoms with Crippen molar-refractivity contribution < 1.29 is 9.90 Å². The highest BCUT2D eigenvalue weighted by molar-refractivity contribution is 5.87. The number of aliphatic hydroxyl groups excluding tert-OH is 1. The van der Waals surface area contributed by atoms with Crippen LogP contribution in [-0.2, 0) is 4.79 Å². The number of rotatable bonds is 3. The molecule has 0 saturated heterocycles. The molecular weight excluding hydrogens is 176 g/mol. The molecule has 0 aliphatic carbocycles. The average molecular weight is 190 g/mol. The predicted molar refractivity (Wildman–Crippen MR) is 56.2 cm³/mol. The Labute approximate surface area is 83.9 Å². The maximum absolute atomic E-state index is 10.8. The van der Waals surface area contributed by atoms with Crippen LogP contribution >= 0.6 is 0 Å². The van der Waals surface area contributed by atoms with Crippen molar-refractivity contribution in [3.05, 3.63) is 47.7 Å². The highest BCUT2D eigenvalue weighted by Gasteiger charge is 2.09. The summed E-state index contributed by atoms with van der Waals surface area (Å²) in [6.45, 7) is 3.29. The summed E-state index contributed by atoms with van der Waals surface area (Å²) in [4.78, 5) is 10.8. The zero-order valence-electron chi connectivity index (χ0n) is 8.40. The molecule has 74 valence electrons. The highest BCUT2D eigenvalue weighted by atomic mass is 16.3. The van der Waals surface area contributed by atoms with E-state index in [1.54, 1.807) is 0 Å². The Hall–Kier alpha value is -1.57. The maximum atomic E-state index is 10.8. The lowest BCUT2D eigenvalue weighted by atomic mass is 9.99. The summed E-state index contributed by atoms with van der Waals surface area (Å²) >= 11 is 0. The van der Waals surface area contributed by atoms with E-state index in [0.717, 1.165) is 5.56 Å². The molecule has 0 heterocycles. The third-order valence-electron chi connectivity index (χ3n) is 2.09. The van der Waals surface area contributed by atoms with Crippen LogP contribution in [0, 0.1) is 0 Å². The lowest BCUT2D eigenvalue weighted by Crippen LogP contribution is -1.99. The van der Waals surface area contributed by atoms with Crippen molar-refractivity contribution in [3.8, 4) is 0 Å². The van der Waals surface area contributed by atoms with Gasteiger partial charge in [-0.2, -0.15) is 0 Å². The molecule has 1 rings (SSSR count).